The predicted octanol–water partition coefficient (Wildman–Crippen LogP) is 2.86. The summed E-state index contributed by atoms with van der Waals surface area (Å²) in [6, 6.07) is 18.1. The summed E-state index contributed by atoms with van der Waals surface area (Å²) < 4.78 is 11.2. The largest absolute Gasteiger partial charge is 0.489 e. The van der Waals surface area contributed by atoms with Gasteiger partial charge in [-0.2, -0.15) is 0 Å². The van der Waals surface area contributed by atoms with E-state index in [1.54, 1.807) is 0 Å². The Bertz CT molecular complexity index is 672. The Balaban J connectivity index is 1.47. The highest BCUT2D eigenvalue weighted by atomic mass is 32.1. The van der Waals surface area contributed by atoms with E-state index in [2.05, 4.69) is 22.3 Å². The normalized spacial score (nSPS) is 14.9. The average molecular weight is 356 g/mol. The summed E-state index contributed by atoms with van der Waals surface area (Å²) in [7, 11) is 0. The Kier molecular flexibility index (Phi) is 6.79. The lowest BCUT2D eigenvalue weighted by Gasteiger charge is -2.26. The van der Waals surface area contributed by atoms with E-state index in [-0.39, 0.29) is 0 Å². The zero-order chi connectivity index (χ0) is 17.3. The summed E-state index contributed by atoms with van der Waals surface area (Å²) in [5.41, 5.74) is 2.14. The highest BCUT2D eigenvalue weighted by molar-refractivity contribution is 7.80. The first kappa shape index (κ1) is 17.9. The first-order chi connectivity index (χ1) is 12.3. The van der Waals surface area contributed by atoms with Crippen LogP contribution in [0.15, 0.2) is 54.6 Å². The third-order valence-corrected chi connectivity index (χ3v) is 4.54. The molecule has 0 bridgehead atoms. The van der Waals surface area contributed by atoms with Gasteiger partial charge in [-0.05, 0) is 17.7 Å². The molecule has 1 N–H and O–H groups in total. The molecule has 0 spiro atoms. The molecule has 1 aliphatic rings. The summed E-state index contributed by atoms with van der Waals surface area (Å²) in [4.78, 5) is 3.15. The zero-order valence-corrected chi connectivity index (χ0v) is 15.1. The molecule has 0 amide bonds. The topological polar surface area (TPSA) is 33.7 Å². The van der Waals surface area contributed by atoms with E-state index < -0.39 is 0 Å². The maximum absolute atomic E-state index is 5.87. The second-order valence-corrected chi connectivity index (χ2v) is 6.42. The van der Waals surface area contributed by atoms with Crippen LogP contribution in [0.5, 0.6) is 5.75 Å². The maximum Gasteiger partial charge on any atom is 0.120 e. The Morgan fingerprint density at radius 3 is 2.68 bits per heavy atom. The highest BCUT2D eigenvalue weighted by Gasteiger charge is 2.10. The van der Waals surface area contributed by atoms with E-state index >= 15 is 0 Å². The van der Waals surface area contributed by atoms with Crippen molar-refractivity contribution in [1.29, 1.82) is 0 Å². The second-order valence-electron chi connectivity index (χ2n) is 6.01. The minimum absolute atomic E-state index is 0.557. The lowest BCUT2D eigenvalue weighted by Crippen LogP contribution is -2.41. The predicted molar refractivity (Wildman–Crippen MR) is 104 cm³/mol. The van der Waals surface area contributed by atoms with Crippen LogP contribution in [-0.2, 0) is 11.3 Å². The van der Waals surface area contributed by atoms with Crippen molar-refractivity contribution in [3.63, 3.8) is 0 Å². The smallest absolute Gasteiger partial charge is 0.120 e. The zero-order valence-electron chi connectivity index (χ0n) is 14.3. The van der Waals surface area contributed by atoms with Gasteiger partial charge in [0.1, 0.15) is 17.3 Å². The minimum Gasteiger partial charge on any atom is -0.489 e. The standard InChI is InChI=1S/C20H24N2O2S/c25-20(21-9-10-22-11-13-23-14-12-22)18-7-4-8-19(15-18)24-16-17-5-2-1-3-6-17/h1-8,15H,9-14,16H2,(H,21,25). The number of benzene rings is 2. The quantitative estimate of drug-likeness (QED) is 0.772. The van der Waals surface area contributed by atoms with Gasteiger partial charge in [-0.25, -0.2) is 0 Å². The van der Waals surface area contributed by atoms with Crippen molar-refractivity contribution in [2.45, 2.75) is 6.61 Å². The van der Waals surface area contributed by atoms with E-state index in [1.807, 2.05) is 42.5 Å². The molecule has 25 heavy (non-hydrogen) atoms. The van der Waals surface area contributed by atoms with Gasteiger partial charge in [-0.3, -0.25) is 4.90 Å². The molecule has 0 unspecified atom stereocenters. The fourth-order valence-corrected chi connectivity index (χ4v) is 2.95. The summed E-state index contributed by atoms with van der Waals surface area (Å²) in [6.45, 7) is 6.02. The Morgan fingerprint density at radius 1 is 1.08 bits per heavy atom. The number of thiocarbonyl (C=S) groups is 1. The maximum atomic E-state index is 5.87. The van der Waals surface area contributed by atoms with Gasteiger partial charge in [0.05, 0.1) is 13.2 Å². The van der Waals surface area contributed by atoms with Crippen molar-refractivity contribution in [1.82, 2.24) is 10.2 Å². The van der Waals surface area contributed by atoms with Gasteiger partial charge in [0.2, 0.25) is 0 Å². The third-order valence-electron chi connectivity index (χ3n) is 4.16. The van der Waals surface area contributed by atoms with E-state index in [0.29, 0.717) is 6.61 Å². The summed E-state index contributed by atoms with van der Waals surface area (Å²) in [6.07, 6.45) is 0. The third kappa shape index (κ3) is 5.81. The molecule has 0 aliphatic carbocycles. The molecule has 1 aliphatic heterocycles. The van der Waals surface area contributed by atoms with Crippen LogP contribution >= 0.6 is 12.2 Å². The van der Waals surface area contributed by atoms with Gasteiger partial charge in [0.25, 0.3) is 0 Å². The molecule has 1 fully saturated rings. The minimum atomic E-state index is 0.557. The second kappa shape index (κ2) is 9.51. The van der Waals surface area contributed by atoms with Gasteiger partial charge >= 0.3 is 0 Å². The molecule has 0 saturated carbocycles. The fourth-order valence-electron chi connectivity index (χ4n) is 2.72. The van der Waals surface area contributed by atoms with Crippen LogP contribution < -0.4 is 10.1 Å². The molecule has 2 aromatic rings. The first-order valence-corrected chi connectivity index (χ1v) is 9.07. The lowest BCUT2D eigenvalue weighted by molar-refractivity contribution is 0.0389. The first-order valence-electron chi connectivity index (χ1n) is 8.66. The molecule has 5 heteroatoms. The molecule has 0 atom stereocenters. The van der Waals surface area contributed by atoms with E-state index in [1.165, 1.54) is 0 Å². The van der Waals surface area contributed by atoms with Gasteiger partial charge in [0.15, 0.2) is 0 Å². The fraction of sp³-hybridized carbons (Fsp3) is 0.350. The van der Waals surface area contributed by atoms with Crippen LogP contribution in [-0.4, -0.2) is 49.3 Å². The Hall–Kier alpha value is -1.95. The van der Waals surface area contributed by atoms with Crippen molar-refractivity contribution in [3.8, 4) is 5.75 Å². The van der Waals surface area contributed by atoms with Crippen molar-refractivity contribution in [2.24, 2.45) is 0 Å². The van der Waals surface area contributed by atoms with Crippen LogP contribution in [0.3, 0.4) is 0 Å². The number of hydrogen-bond donors (Lipinski definition) is 1. The summed E-state index contributed by atoms with van der Waals surface area (Å²) in [5, 5.41) is 3.34. The number of ether oxygens (including phenoxy) is 2. The molecule has 4 nitrogen and oxygen atoms in total. The van der Waals surface area contributed by atoms with Gasteiger partial charge in [-0.1, -0.05) is 54.7 Å². The van der Waals surface area contributed by atoms with Gasteiger partial charge in [0, 0.05) is 31.7 Å². The number of rotatable bonds is 7. The van der Waals surface area contributed by atoms with Crippen LogP contribution in [0, 0.1) is 0 Å². The van der Waals surface area contributed by atoms with Crippen molar-refractivity contribution < 1.29 is 9.47 Å². The van der Waals surface area contributed by atoms with Crippen molar-refractivity contribution in [3.05, 3.63) is 65.7 Å². The lowest BCUT2D eigenvalue weighted by atomic mass is 10.2. The SMILES string of the molecule is S=C(NCCN1CCOCC1)c1cccc(OCc2ccccc2)c1. The van der Waals surface area contributed by atoms with E-state index in [4.69, 9.17) is 21.7 Å². The molecule has 0 radical (unpaired) electrons. The number of hydrogen-bond acceptors (Lipinski definition) is 4. The molecule has 3 rings (SSSR count). The molecule has 0 aromatic heterocycles. The van der Waals surface area contributed by atoms with Gasteiger partial charge in [-0.15, -0.1) is 0 Å². The number of morpholine rings is 1. The van der Waals surface area contributed by atoms with Crippen molar-refractivity contribution in [2.75, 3.05) is 39.4 Å². The molecule has 1 saturated heterocycles. The number of nitrogens with one attached hydrogen (secondary N) is 1. The molecular weight excluding hydrogens is 332 g/mol. The van der Waals surface area contributed by atoms with Crippen molar-refractivity contribution >= 4 is 17.2 Å². The average Bonchev–Trinajstić information content (AvgIpc) is 2.68. The molecular formula is C20H24N2O2S. The molecule has 1 heterocycles. The Labute approximate surface area is 154 Å². The highest BCUT2D eigenvalue weighted by Crippen LogP contribution is 2.15. The van der Waals surface area contributed by atoms with E-state index in [9.17, 15) is 0 Å². The Morgan fingerprint density at radius 2 is 1.88 bits per heavy atom. The molecule has 132 valence electrons. The summed E-state index contributed by atoms with van der Waals surface area (Å²) >= 11 is 5.51. The number of nitrogens with zero attached hydrogens (tertiary/aromatic N) is 1. The van der Waals surface area contributed by atoms with Crippen LogP contribution in [0.1, 0.15) is 11.1 Å². The monoisotopic (exact) mass is 356 g/mol. The summed E-state index contributed by atoms with van der Waals surface area (Å²) in [5.74, 6) is 0.832. The van der Waals surface area contributed by atoms with Crippen LogP contribution in [0.2, 0.25) is 0 Å². The molecule has 2 aromatic carbocycles. The van der Waals surface area contributed by atoms with Gasteiger partial charge < -0.3 is 14.8 Å². The van der Waals surface area contributed by atoms with E-state index in [0.717, 1.165) is 61.3 Å². The van der Waals surface area contributed by atoms with Crippen LogP contribution in [0.25, 0.3) is 0 Å². The van der Waals surface area contributed by atoms with Crippen LogP contribution in [0.4, 0.5) is 0 Å².